The number of para-hydroxylation sites is 1. The van der Waals surface area contributed by atoms with E-state index in [0.717, 1.165) is 57.2 Å². The molecule has 0 bridgehead atoms. The molecule has 5 rings (SSSR count). The lowest BCUT2D eigenvalue weighted by Gasteiger charge is -2.26. The molecule has 3 heteroatoms. The van der Waals surface area contributed by atoms with E-state index in [9.17, 15) is 0 Å². The highest BCUT2D eigenvalue weighted by Gasteiger charge is 2.25. The fourth-order valence-corrected chi connectivity index (χ4v) is 3.87. The van der Waals surface area contributed by atoms with E-state index < -0.39 is 0 Å². The number of hydrogen-bond acceptors (Lipinski definition) is 3. The first-order valence-corrected chi connectivity index (χ1v) is 10.5. The highest BCUT2D eigenvalue weighted by molar-refractivity contribution is 5.62. The minimum atomic E-state index is 0.495. The number of benzene rings is 4. The summed E-state index contributed by atoms with van der Waals surface area (Å²) in [7, 11) is 0. The molecule has 4 aromatic carbocycles. The van der Waals surface area contributed by atoms with Gasteiger partial charge in [-0.2, -0.15) is 0 Å². The van der Waals surface area contributed by atoms with E-state index in [-0.39, 0.29) is 0 Å². The van der Waals surface area contributed by atoms with Crippen LogP contribution in [0.4, 0.5) is 0 Å². The Balaban J connectivity index is 1.49. The average molecular weight is 408 g/mol. The van der Waals surface area contributed by atoms with Crippen LogP contribution in [0.3, 0.4) is 0 Å². The fraction of sp³-hybridized carbons (Fsp3) is 0.143. The van der Waals surface area contributed by atoms with E-state index in [1.54, 1.807) is 0 Å². The maximum absolute atomic E-state index is 6.33. The molecule has 3 nitrogen and oxygen atoms in total. The Hall–Kier alpha value is -3.72. The van der Waals surface area contributed by atoms with Crippen LogP contribution in [0.15, 0.2) is 91.0 Å². The molecule has 4 aromatic rings. The van der Waals surface area contributed by atoms with Gasteiger partial charge in [0.2, 0.25) is 0 Å². The van der Waals surface area contributed by atoms with Crippen molar-refractivity contribution in [3.8, 4) is 23.0 Å². The number of rotatable bonds is 6. The molecule has 0 atom stereocenters. The van der Waals surface area contributed by atoms with Gasteiger partial charge in [0.1, 0.15) is 36.2 Å². The zero-order valence-electron chi connectivity index (χ0n) is 17.5. The smallest absolute Gasteiger partial charge is 0.141 e. The number of fused-ring (bicyclic) bond motifs is 2. The van der Waals surface area contributed by atoms with Crippen LogP contribution >= 0.6 is 0 Å². The molecular formula is C28H24O3. The molecular weight excluding hydrogens is 384 g/mol. The van der Waals surface area contributed by atoms with Gasteiger partial charge in [-0.3, -0.25) is 0 Å². The molecule has 0 aliphatic carbocycles. The van der Waals surface area contributed by atoms with Crippen LogP contribution in [0.2, 0.25) is 0 Å². The lowest BCUT2D eigenvalue weighted by molar-refractivity contribution is 0.282. The second-order valence-electron chi connectivity index (χ2n) is 7.74. The Labute approximate surface area is 182 Å². The molecule has 0 fully saturated rings. The van der Waals surface area contributed by atoms with Gasteiger partial charge in [-0.15, -0.1) is 0 Å². The SMILES string of the molecule is Cc1c(OCc2ccccc2)cc(OCc2ccccc2)c2c1Oc1ccccc1C2. The molecule has 154 valence electrons. The summed E-state index contributed by atoms with van der Waals surface area (Å²) in [6, 6.07) is 30.5. The van der Waals surface area contributed by atoms with E-state index in [2.05, 4.69) is 30.3 Å². The fourth-order valence-electron chi connectivity index (χ4n) is 3.87. The van der Waals surface area contributed by atoms with Crippen LogP contribution in [-0.4, -0.2) is 0 Å². The van der Waals surface area contributed by atoms with Crippen LogP contribution in [0.25, 0.3) is 0 Å². The lowest BCUT2D eigenvalue weighted by Crippen LogP contribution is -2.09. The van der Waals surface area contributed by atoms with Gasteiger partial charge in [-0.05, 0) is 29.7 Å². The molecule has 0 saturated heterocycles. The molecule has 0 unspecified atom stereocenters. The van der Waals surface area contributed by atoms with Crippen molar-refractivity contribution in [3.63, 3.8) is 0 Å². The number of ether oxygens (including phenoxy) is 3. The summed E-state index contributed by atoms with van der Waals surface area (Å²) in [4.78, 5) is 0. The predicted octanol–water partition coefficient (Wildman–Crippen LogP) is 6.85. The van der Waals surface area contributed by atoms with Crippen LogP contribution < -0.4 is 14.2 Å². The van der Waals surface area contributed by atoms with Crippen molar-refractivity contribution in [3.05, 3.63) is 119 Å². The molecule has 0 spiro atoms. The summed E-state index contributed by atoms with van der Waals surface area (Å²) >= 11 is 0. The van der Waals surface area contributed by atoms with Crippen molar-refractivity contribution in [2.75, 3.05) is 0 Å². The van der Waals surface area contributed by atoms with Crippen molar-refractivity contribution in [1.29, 1.82) is 0 Å². The highest BCUT2D eigenvalue weighted by Crippen LogP contribution is 2.46. The van der Waals surface area contributed by atoms with Gasteiger partial charge in [-0.25, -0.2) is 0 Å². The molecule has 31 heavy (non-hydrogen) atoms. The number of hydrogen-bond donors (Lipinski definition) is 0. The van der Waals surface area contributed by atoms with E-state index in [0.29, 0.717) is 13.2 Å². The molecule has 0 N–H and O–H groups in total. The molecule has 0 saturated carbocycles. The van der Waals surface area contributed by atoms with Gasteiger partial charge in [-0.1, -0.05) is 78.9 Å². The van der Waals surface area contributed by atoms with Crippen LogP contribution in [0.5, 0.6) is 23.0 Å². The Morgan fingerprint density at radius 2 is 1.29 bits per heavy atom. The van der Waals surface area contributed by atoms with E-state index in [4.69, 9.17) is 14.2 Å². The largest absolute Gasteiger partial charge is 0.488 e. The summed E-state index contributed by atoms with van der Waals surface area (Å²) in [6.07, 6.45) is 0.773. The van der Waals surface area contributed by atoms with Crippen LogP contribution in [0, 0.1) is 6.92 Å². The van der Waals surface area contributed by atoms with Gasteiger partial charge < -0.3 is 14.2 Å². The highest BCUT2D eigenvalue weighted by atomic mass is 16.5. The Morgan fingerprint density at radius 3 is 1.97 bits per heavy atom. The third-order valence-electron chi connectivity index (χ3n) is 5.57. The van der Waals surface area contributed by atoms with Gasteiger partial charge in [0, 0.05) is 23.6 Å². The topological polar surface area (TPSA) is 27.7 Å². The molecule has 1 aliphatic heterocycles. The zero-order chi connectivity index (χ0) is 21.0. The summed E-state index contributed by atoms with van der Waals surface area (Å²) < 4.78 is 18.8. The molecule has 0 amide bonds. The average Bonchev–Trinajstić information content (AvgIpc) is 2.83. The van der Waals surface area contributed by atoms with Gasteiger partial charge in [0.25, 0.3) is 0 Å². The zero-order valence-corrected chi connectivity index (χ0v) is 17.5. The molecule has 1 heterocycles. The van der Waals surface area contributed by atoms with Crippen molar-refractivity contribution in [2.24, 2.45) is 0 Å². The Morgan fingerprint density at radius 1 is 0.710 bits per heavy atom. The standard InChI is InChI=1S/C28H24O3/c1-20-26(29-18-21-10-4-2-5-11-21)17-27(30-19-22-12-6-3-7-13-22)24-16-23-14-8-9-15-25(23)31-28(20)24/h2-15,17H,16,18-19H2,1H3. The molecule has 0 radical (unpaired) electrons. The quantitative estimate of drug-likeness (QED) is 0.307. The summed E-state index contributed by atoms with van der Waals surface area (Å²) in [5.74, 6) is 3.33. The summed E-state index contributed by atoms with van der Waals surface area (Å²) in [5.41, 5.74) is 5.47. The summed E-state index contributed by atoms with van der Waals surface area (Å²) in [5, 5.41) is 0. The first-order chi connectivity index (χ1) is 15.3. The monoisotopic (exact) mass is 408 g/mol. The minimum Gasteiger partial charge on any atom is -0.488 e. The van der Waals surface area contributed by atoms with E-state index in [1.807, 2.05) is 67.6 Å². The van der Waals surface area contributed by atoms with Crippen LogP contribution in [-0.2, 0) is 19.6 Å². The van der Waals surface area contributed by atoms with Crippen LogP contribution in [0.1, 0.15) is 27.8 Å². The van der Waals surface area contributed by atoms with Gasteiger partial charge in [0.05, 0.1) is 0 Å². The minimum absolute atomic E-state index is 0.495. The summed E-state index contributed by atoms with van der Waals surface area (Å²) in [6.45, 7) is 3.04. The first kappa shape index (κ1) is 19.3. The predicted molar refractivity (Wildman–Crippen MR) is 122 cm³/mol. The lowest BCUT2D eigenvalue weighted by atomic mass is 9.96. The van der Waals surface area contributed by atoms with Crippen molar-refractivity contribution < 1.29 is 14.2 Å². The van der Waals surface area contributed by atoms with Crippen molar-refractivity contribution >= 4 is 0 Å². The van der Waals surface area contributed by atoms with E-state index >= 15 is 0 Å². The third kappa shape index (κ3) is 4.13. The third-order valence-corrected chi connectivity index (χ3v) is 5.57. The second kappa shape index (κ2) is 8.57. The molecule has 0 aromatic heterocycles. The van der Waals surface area contributed by atoms with Crippen molar-refractivity contribution in [2.45, 2.75) is 26.6 Å². The second-order valence-corrected chi connectivity index (χ2v) is 7.74. The first-order valence-electron chi connectivity index (χ1n) is 10.5. The molecule has 1 aliphatic rings. The normalized spacial score (nSPS) is 11.8. The maximum Gasteiger partial charge on any atom is 0.141 e. The van der Waals surface area contributed by atoms with Gasteiger partial charge in [0.15, 0.2) is 0 Å². The van der Waals surface area contributed by atoms with Crippen molar-refractivity contribution in [1.82, 2.24) is 0 Å². The van der Waals surface area contributed by atoms with E-state index in [1.165, 1.54) is 0 Å². The Kier molecular flexibility index (Phi) is 5.32. The maximum atomic E-state index is 6.33. The Bertz CT molecular complexity index is 1180. The van der Waals surface area contributed by atoms with Gasteiger partial charge >= 0.3 is 0 Å².